The third-order valence-corrected chi connectivity index (χ3v) is 3.61. The van der Waals surface area contributed by atoms with Crippen LogP contribution in [0, 0.1) is 6.92 Å². The molecule has 4 heteroatoms. The quantitative estimate of drug-likeness (QED) is 0.567. The van der Waals surface area contributed by atoms with Crippen molar-refractivity contribution in [3.05, 3.63) is 29.3 Å². The second-order valence-corrected chi connectivity index (χ2v) is 5.11. The summed E-state index contributed by atoms with van der Waals surface area (Å²) >= 11 is 5.10. The summed E-state index contributed by atoms with van der Waals surface area (Å²) in [6.07, 6.45) is 1.12. The Hall–Kier alpha value is -1.13. The molecule has 19 heavy (non-hydrogen) atoms. The molecule has 0 fully saturated rings. The maximum Gasteiger partial charge on any atom is 0.106 e. The van der Waals surface area contributed by atoms with Crippen LogP contribution in [0.3, 0.4) is 0 Å². The van der Waals surface area contributed by atoms with Gasteiger partial charge in [0.15, 0.2) is 0 Å². The minimum absolute atomic E-state index is 0.454. The highest BCUT2D eigenvalue weighted by Crippen LogP contribution is 2.20. The van der Waals surface area contributed by atoms with E-state index in [1.165, 1.54) is 5.56 Å². The third kappa shape index (κ3) is 4.80. The average molecular weight is 279 g/mol. The average Bonchev–Trinajstić information content (AvgIpc) is 2.40. The SMILES string of the molecule is CCN(CC)CCCNc1c(C)cccc1C(N)=S. The number of hydrogen-bond donors (Lipinski definition) is 2. The number of hydrogen-bond acceptors (Lipinski definition) is 3. The van der Waals surface area contributed by atoms with E-state index in [4.69, 9.17) is 18.0 Å². The van der Waals surface area contributed by atoms with E-state index in [2.05, 4.69) is 37.1 Å². The molecule has 0 radical (unpaired) electrons. The van der Waals surface area contributed by atoms with Gasteiger partial charge in [0.05, 0.1) is 0 Å². The zero-order valence-corrected chi connectivity index (χ0v) is 13.0. The summed E-state index contributed by atoms with van der Waals surface area (Å²) in [6, 6.07) is 6.04. The van der Waals surface area contributed by atoms with E-state index in [1.54, 1.807) is 0 Å². The fourth-order valence-corrected chi connectivity index (χ4v) is 2.33. The Morgan fingerprint density at radius 3 is 2.58 bits per heavy atom. The highest BCUT2D eigenvalue weighted by Gasteiger charge is 2.07. The lowest BCUT2D eigenvalue weighted by Gasteiger charge is -2.19. The molecule has 0 aliphatic carbocycles. The van der Waals surface area contributed by atoms with Crippen LogP contribution in [0.2, 0.25) is 0 Å². The molecule has 0 unspecified atom stereocenters. The van der Waals surface area contributed by atoms with Crippen LogP contribution in [-0.4, -0.2) is 36.1 Å². The van der Waals surface area contributed by atoms with Crippen molar-refractivity contribution in [1.29, 1.82) is 0 Å². The fourth-order valence-electron chi connectivity index (χ4n) is 2.16. The van der Waals surface area contributed by atoms with Gasteiger partial charge in [0.1, 0.15) is 4.99 Å². The van der Waals surface area contributed by atoms with E-state index in [-0.39, 0.29) is 0 Å². The minimum atomic E-state index is 0.454. The summed E-state index contributed by atoms with van der Waals surface area (Å²) < 4.78 is 0. The third-order valence-electron chi connectivity index (χ3n) is 3.39. The van der Waals surface area contributed by atoms with Crippen molar-refractivity contribution in [1.82, 2.24) is 4.90 Å². The Morgan fingerprint density at radius 2 is 2.00 bits per heavy atom. The van der Waals surface area contributed by atoms with Crippen molar-refractivity contribution in [2.24, 2.45) is 5.73 Å². The number of thiocarbonyl (C=S) groups is 1. The summed E-state index contributed by atoms with van der Waals surface area (Å²) in [5.41, 5.74) is 8.97. The molecule has 0 spiro atoms. The summed E-state index contributed by atoms with van der Waals surface area (Å²) in [5, 5.41) is 3.47. The molecule has 0 aliphatic rings. The first-order valence-electron chi connectivity index (χ1n) is 6.95. The molecule has 0 saturated carbocycles. The van der Waals surface area contributed by atoms with Gasteiger partial charge < -0.3 is 16.0 Å². The maximum absolute atomic E-state index is 5.76. The van der Waals surface area contributed by atoms with Gasteiger partial charge in [-0.15, -0.1) is 0 Å². The van der Waals surface area contributed by atoms with Crippen molar-refractivity contribution in [3.8, 4) is 0 Å². The summed E-state index contributed by atoms with van der Waals surface area (Å²) in [4.78, 5) is 2.88. The molecule has 1 rings (SSSR count). The molecular formula is C15H25N3S. The van der Waals surface area contributed by atoms with Gasteiger partial charge in [-0.05, 0) is 44.6 Å². The zero-order chi connectivity index (χ0) is 14.3. The van der Waals surface area contributed by atoms with Gasteiger partial charge in [-0.3, -0.25) is 0 Å². The van der Waals surface area contributed by atoms with Crippen LogP contribution < -0.4 is 11.1 Å². The van der Waals surface area contributed by atoms with Crippen LogP contribution in [0.15, 0.2) is 18.2 Å². The summed E-state index contributed by atoms with van der Waals surface area (Å²) in [7, 11) is 0. The largest absolute Gasteiger partial charge is 0.389 e. The predicted molar refractivity (Wildman–Crippen MR) is 88.0 cm³/mol. The number of aryl methyl sites for hydroxylation is 1. The summed E-state index contributed by atoms with van der Waals surface area (Å²) in [6.45, 7) is 10.8. The lowest BCUT2D eigenvalue weighted by atomic mass is 10.1. The van der Waals surface area contributed by atoms with Gasteiger partial charge in [-0.2, -0.15) is 0 Å². The molecule has 0 aromatic heterocycles. The van der Waals surface area contributed by atoms with Crippen molar-refractivity contribution in [2.75, 3.05) is 31.5 Å². The maximum atomic E-state index is 5.76. The second-order valence-electron chi connectivity index (χ2n) is 4.67. The summed E-state index contributed by atoms with van der Waals surface area (Å²) in [5.74, 6) is 0. The van der Waals surface area contributed by atoms with Gasteiger partial charge in [0.2, 0.25) is 0 Å². The van der Waals surface area contributed by atoms with Gasteiger partial charge in [-0.25, -0.2) is 0 Å². The van der Waals surface area contributed by atoms with Crippen LogP contribution in [0.1, 0.15) is 31.4 Å². The van der Waals surface area contributed by atoms with E-state index in [9.17, 15) is 0 Å². The smallest absolute Gasteiger partial charge is 0.106 e. The van der Waals surface area contributed by atoms with Gasteiger partial charge in [0.25, 0.3) is 0 Å². The van der Waals surface area contributed by atoms with E-state index in [1.807, 2.05) is 12.1 Å². The first-order chi connectivity index (χ1) is 9.10. The molecular weight excluding hydrogens is 254 g/mol. The molecule has 1 aromatic carbocycles. The monoisotopic (exact) mass is 279 g/mol. The molecule has 0 heterocycles. The topological polar surface area (TPSA) is 41.3 Å². The number of anilines is 1. The first kappa shape index (κ1) is 15.9. The molecule has 1 aromatic rings. The van der Waals surface area contributed by atoms with Crippen molar-refractivity contribution >= 4 is 22.9 Å². The Bertz CT molecular complexity index is 414. The van der Waals surface area contributed by atoms with Crippen molar-refractivity contribution in [2.45, 2.75) is 27.2 Å². The molecule has 0 saturated heterocycles. The Morgan fingerprint density at radius 1 is 1.32 bits per heavy atom. The minimum Gasteiger partial charge on any atom is -0.389 e. The molecule has 0 amide bonds. The number of nitrogens with zero attached hydrogens (tertiary/aromatic N) is 1. The first-order valence-corrected chi connectivity index (χ1v) is 7.36. The van der Waals surface area contributed by atoms with Crippen molar-refractivity contribution in [3.63, 3.8) is 0 Å². The van der Waals surface area contributed by atoms with Crippen LogP contribution >= 0.6 is 12.2 Å². The van der Waals surface area contributed by atoms with Gasteiger partial charge >= 0.3 is 0 Å². The van der Waals surface area contributed by atoms with Gasteiger partial charge in [0, 0.05) is 17.8 Å². The van der Waals surface area contributed by atoms with Crippen molar-refractivity contribution < 1.29 is 0 Å². The Balaban J connectivity index is 2.56. The highest BCUT2D eigenvalue weighted by atomic mass is 32.1. The number of rotatable bonds is 8. The molecule has 0 bridgehead atoms. The van der Waals surface area contributed by atoms with Crippen LogP contribution in [0.4, 0.5) is 5.69 Å². The van der Waals surface area contributed by atoms with Crippen LogP contribution in [0.25, 0.3) is 0 Å². The normalized spacial score (nSPS) is 10.7. The van der Waals surface area contributed by atoms with E-state index >= 15 is 0 Å². The Labute approximate surface area is 122 Å². The standard InChI is InChI=1S/C15H25N3S/c1-4-18(5-2)11-7-10-17-14-12(3)8-6-9-13(14)15(16)19/h6,8-9,17H,4-5,7,10-11H2,1-3H3,(H2,16,19). The molecule has 0 aliphatic heterocycles. The number of nitrogens with one attached hydrogen (secondary N) is 1. The predicted octanol–water partition coefficient (Wildman–Crippen LogP) is 2.77. The highest BCUT2D eigenvalue weighted by molar-refractivity contribution is 7.80. The van der Waals surface area contributed by atoms with Crippen LogP contribution in [0.5, 0.6) is 0 Å². The molecule has 3 N–H and O–H groups in total. The zero-order valence-electron chi connectivity index (χ0n) is 12.2. The lowest BCUT2D eigenvalue weighted by Crippen LogP contribution is -2.25. The molecule has 3 nitrogen and oxygen atoms in total. The molecule has 0 atom stereocenters. The fraction of sp³-hybridized carbons (Fsp3) is 0.533. The number of benzene rings is 1. The van der Waals surface area contributed by atoms with Crippen LogP contribution in [-0.2, 0) is 0 Å². The van der Waals surface area contributed by atoms with E-state index in [0.29, 0.717) is 4.99 Å². The molecule has 106 valence electrons. The number of nitrogens with two attached hydrogens (primary N) is 1. The second kappa shape index (κ2) is 8.12. The van der Waals surface area contributed by atoms with Gasteiger partial charge in [-0.1, -0.05) is 38.2 Å². The lowest BCUT2D eigenvalue weighted by molar-refractivity contribution is 0.303. The Kier molecular flexibility index (Phi) is 6.81. The number of para-hydroxylation sites is 1. The van der Waals surface area contributed by atoms with E-state index < -0.39 is 0 Å². The van der Waals surface area contributed by atoms with E-state index in [0.717, 1.165) is 43.9 Å².